The first-order chi connectivity index (χ1) is 33.2. The fraction of sp³-hybridized carbons (Fsp3) is 0.0312. The lowest BCUT2D eigenvalue weighted by Crippen LogP contribution is -2.43. The minimum atomic E-state index is -0.630. The van der Waals surface area contributed by atoms with Gasteiger partial charge in [0.2, 0.25) is 0 Å². The van der Waals surface area contributed by atoms with Crippen molar-refractivity contribution in [2.45, 2.75) is 10.8 Å². The molecule has 0 fully saturated rings. The highest BCUT2D eigenvalue weighted by molar-refractivity contribution is 7.26. The summed E-state index contributed by atoms with van der Waals surface area (Å²) in [6.07, 6.45) is 0. The second-order valence-electron chi connectivity index (χ2n) is 18.3. The van der Waals surface area contributed by atoms with Gasteiger partial charge in [0.25, 0.3) is 0 Å². The van der Waals surface area contributed by atoms with Crippen molar-refractivity contribution in [3.8, 4) is 56.2 Å². The Kier molecular flexibility index (Phi) is 7.54. The third kappa shape index (κ3) is 4.78. The smallest absolute Gasteiger partial charge is 0.160 e. The van der Waals surface area contributed by atoms with Crippen LogP contribution in [0.1, 0.15) is 44.5 Å². The Hall–Kier alpha value is -8.24. The molecule has 3 heteroatoms. The molecule has 0 saturated carbocycles. The number of nitrogens with zero attached hydrogens (tertiary/aromatic N) is 2. The standard InChI is InChI=1S/C64H38N2S/c1-2-18-40(19-3-1)57-38-58(45-25-16-20-39-17-4-5-21-42(39)45)66-62(65-57)41-33-36-52-49(37-41)47-34-35-48-46-24-8-15-32-59(46)67-61(48)60(47)64(52)55-30-13-11-28-53(55)63(54-29-12-14-31-56(54)64)50-26-9-6-22-43(50)44-23-7-10-27-51(44)63/h1-38H. The first-order valence-corrected chi connectivity index (χ1v) is 24.0. The van der Waals surface area contributed by atoms with Gasteiger partial charge in [0.15, 0.2) is 5.82 Å². The molecule has 2 aromatic heterocycles. The number of thiophene rings is 1. The van der Waals surface area contributed by atoms with E-state index in [4.69, 9.17) is 9.97 Å². The maximum Gasteiger partial charge on any atom is 0.160 e. The lowest BCUT2D eigenvalue weighted by molar-refractivity contribution is 0.636. The molecule has 0 bridgehead atoms. The van der Waals surface area contributed by atoms with Crippen molar-refractivity contribution in [3.05, 3.63) is 275 Å². The van der Waals surface area contributed by atoms with Crippen LogP contribution in [-0.2, 0) is 10.8 Å². The molecule has 10 aromatic carbocycles. The fourth-order valence-electron chi connectivity index (χ4n) is 12.6. The minimum absolute atomic E-state index is 0.508. The van der Waals surface area contributed by atoms with E-state index in [1.807, 2.05) is 11.3 Å². The average molecular weight is 867 g/mol. The Labute approximate surface area is 392 Å². The third-order valence-corrected chi connectivity index (χ3v) is 16.4. The van der Waals surface area contributed by atoms with Crippen LogP contribution in [0, 0.1) is 0 Å². The van der Waals surface area contributed by atoms with Crippen LogP contribution >= 0.6 is 11.3 Å². The molecule has 0 atom stereocenters. The molecular formula is C64H38N2S. The maximum atomic E-state index is 5.47. The van der Waals surface area contributed by atoms with Gasteiger partial charge in [-0.05, 0) is 95.7 Å². The van der Waals surface area contributed by atoms with Gasteiger partial charge in [-0.2, -0.15) is 0 Å². The molecule has 3 aliphatic carbocycles. The highest BCUT2D eigenvalue weighted by atomic mass is 32.1. The zero-order valence-corrected chi connectivity index (χ0v) is 37.1. The summed E-state index contributed by atoms with van der Waals surface area (Å²) >= 11 is 1.93. The molecule has 15 rings (SSSR count). The number of rotatable bonds is 3. The van der Waals surface area contributed by atoms with E-state index in [-0.39, 0.29) is 0 Å². The number of benzene rings is 10. The summed E-state index contributed by atoms with van der Waals surface area (Å²) in [6, 6.07) is 85.6. The zero-order chi connectivity index (χ0) is 43.8. The highest BCUT2D eigenvalue weighted by Gasteiger charge is 2.59. The minimum Gasteiger partial charge on any atom is -0.228 e. The van der Waals surface area contributed by atoms with Crippen molar-refractivity contribution in [2.24, 2.45) is 0 Å². The van der Waals surface area contributed by atoms with Crippen LogP contribution in [-0.4, -0.2) is 9.97 Å². The first kappa shape index (κ1) is 37.0. The summed E-state index contributed by atoms with van der Waals surface area (Å²) in [5, 5.41) is 4.97. The molecule has 2 spiro atoms. The molecule has 0 N–H and O–H groups in total. The van der Waals surface area contributed by atoms with Crippen LogP contribution in [0.15, 0.2) is 231 Å². The van der Waals surface area contributed by atoms with Crippen molar-refractivity contribution < 1.29 is 0 Å². The van der Waals surface area contributed by atoms with E-state index in [0.717, 1.165) is 28.1 Å². The molecule has 67 heavy (non-hydrogen) atoms. The molecular weight excluding hydrogens is 829 g/mol. The summed E-state index contributed by atoms with van der Waals surface area (Å²) in [5.74, 6) is 0.708. The van der Waals surface area contributed by atoms with Gasteiger partial charge in [0.1, 0.15) is 0 Å². The molecule has 12 aromatic rings. The number of fused-ring (bicyclic) bond motifs is 21. The van der Waals surface area contributed by atoms with Gasteiger partial charge < -0.3 is 0 Å². The quantitative estimate of drug-likeness (QED) is 0.177. The molecule has 2 nitrogen and oxygen atoms in total. The predicted molar refractivity (Wildman–Crippen MR) is 277 cm³/mol. The third-order valence-electron chi connectivity index (χ3n) is 15.2. The lowest BCUT2D eigenvalue weighted by atomic mass is 9.52. The summed E-state index contributed by atoms with van der Waals surface area (Å²) < 4.78 is 2.64. The zero-order valence-electron chi connectivity index (χ0n) is 36.2. The lowest BCUT2D eigenvalue weighted by Gasteiger charge is -2.49. The van der Waals surface area contributed by atoms with Crippen molar-refractivity contribution in [3.63, 3.8) is 0 Å². The molecule has 2 heterocycles. The molecule has 0 saturated heterocycles. The van der Waals surface area contributed by atoms with E-state index in [0.29, 0.717) is 5.82 Å². The maximum absolute atomic E-state index is 5.47. The predicted octanol–water partition coefficient (Wildman–Crippen LogP) is 16.0. The molecule has 0 radical (unpaired) electrons. The Balaban J connectivity index is 1.05. The van der Waals surface area contributed by atoms with E-state index in [1.165, 1.54) is 97.7 Å². The second kappa shape index (κ2) is 13.6. The van der Waals surface area contributed by atoms with Crippen molar-refractivity contribution in [2.75, 3.05) is 0 Å². The summed E-state index contributed by atoms with van der Waals surface area (Å²) in [4.78, 5) is 10.9. The Morgan fingerprint density at radius 1 is 0.313 bits per heavy atom. The van der Waals surface area contributed by atoms with E-state index < -0.39 is 10.8 Å². The van der Waals surface area contributed by atoms with Gasteiger partial charge in [-0.15, -0.1) is 11.3 Å². The van der Waals surface area contributed by atoms with E-state index >= 15 is 0 Å². The van der Waals surface area contributed by atoms with Gasteiger partial charge in [0, 0.05) is 36.9 Å². The molecule has 0 aliphatic heterocycles. The fourth-order valence-corrected chi connectivity index (χ4v) is 13.9. The summed E-state index contributed by atoms with van der Waals surface area (Å²) in [6.45, 7) is 0. The van der Waals surface area contributed by atoms with Crippen molar-refractivity contribution >= 4 is 42.3 Å². The summed E-state index contributed by atoms with van der Waals surface area (Å²) in [5.41, 5.74) is 19.6. The summed E-state index contributed by atoms with van der Waals surface area (Å²) in [7, 11) is 0. The largest absolute Gasteiger partial charge is 0.228 e. The van der Waals surface area contributed by atoms with Crippen LogP contribution in [0.4, 0.5) is 0 Å². The van der Waals surface area contributed by atoms with Gasteiger partial charge in [-0.25, -0.2) is 9.97 Å². The number of hydrogen-bond donors (Lipinski definition) is 0. The second-order valence-corrected chi connectivity index (χ2v) is 19.3. The molecule has 310 valence electrons. The van der Waals surface area contributed by atoms with Crippen LogP contribution in [0.5, 0.6) is 0 Å². The highest BCUT2D eigenvalue weighted by Crippen LogP contribution is 2.68. The Morgan fingerprint density at radius 3 is 1.60 bits per heavy atom. The van der Waals surface area contributed by atoms with Crippen molar-refractivity contribution in [1.82, 2.24) is 9.97 Å². The van der Waals surface area contributed by atoms with Crippen LogP contribution in [0.25, 0.3) is 87.1 Å². The number of hydrogen-bond acceptors (Lipinski definition) is 3. The van der Waals surface area contributed by atoms with Crippen molar-refractivity contribution in [1.29, 1.82) is 0 Å². The van der Waals surface area contributed by atoms with Crippen LogP contribution < -0.4 is 0 Å². The number of aromatic nitrogens is 2. The first-order valence-electron chi connectivity index (χ1n) is 23.1. The van der Waals surface area contributed by atoms with E-state index in [2.05, 4.69) is 231 Å². The van der Waals surface area contributed by atoms with Gasteiger partial charge in [-0.1, -0.05) is 212 Å². The molecule has 0 amide bonds. The molecule has 3 aliphatic rings. The van der Waals surface area contributed by atoms with E-state index in [9.17, 15) is 0 Å². The van der Waals surface area contributed by atoms with Gasteiger partial charge >= 0.3 is 0 Å². The van der Waals surface area contributed by atoms with Crippen LogP contribution in [0.2, 0.25) is 0 Å². The topological polar surface area (TPSA) is 25.8 Å². The Bertz CT molecular complexity index is 3970. The normalized spacial score (nSPS) is 14.2. The van der Waals surface area contributed by atoms with E-state index in [1.54, 1.807) is 0 Å². The Morgan fingerprint density at radius 2 is 0.866 bits per heavy atom. The van der Waals surface area contributed by atoms with Gasteiger partial charge in [-0.3, -0.25) is 0 Å². The molecule has 0 unspecified atom stereocenters. The van der Waals surface area contributed by atoms with Crippen LogP contribution in [0.3, 0.4) is 0 Å². The SMILES string of the molecule is c1ccc(-c2cc(-c3cccc4ccccc34)nc(-c3ccc4c(c3)-c3ccc5c(sc6ccccc65)c3C43c4ccccc4C4(c5ccccc5-c5ccccc54)c4ccccc43)n2)cc1. The van der Waals surface area contributed by atoms with Gasteiger partial charge in [0.05, 0.1) is 22.2 Å². The monoisotopic (exact) mass is 866 g/mol. The average Bonchev–Trinajstić information content (AvgIpc) is 4.03.